The van der Waals surface area contributed by atoms with Crippen molar-refractivity contribution < 1.29 is 4.79 Å². The summed E-state index contributed by atoms with van der Waals surface area (Å²) in [6.45, 7) is 0. The molecule has 0 aliphatic heterocycles. The van der Waals surface area contributed by atoms with Crippen molar-refractivity contribution in [2.75, 3.05) is 0 Å². The van der Waals surface area contributed by atoms with Crippen molar-refractivity contribution in [3.05, 3.63) is 32.8 Å². The number of aromatic nitrogens is 1. The van der Waals surface area contributed by atoms with Crippen LogP contribution in [0.5, 0.6) is 0 Å². The predicted molar refractivity (Wildman–Crippen MR) is 59.1 cm³/mol. The quantitative estimate of drug-likeness (QED) is 0.804. The molecule has 2 aromatic rings. The number of hydrogen-bond donors (Lipinski definition) is 1. The molecule has 66 valence electrons. The van der Waals surface area contributed by atoms with E-state index in [0.717, 1.165) is 26.1 Å². The lowest BCUT2D eigenvalue weighted by Crippen LogP contribution is -1.75. The Bertz CT molecular complexity index is 437. The van der Waals surface area contributed by atoms with E-state index in [1.165, 1.54) is 0 Å². The zero-order valence-electron chi connectivity index (χ0n) is 6.47. The Labute approximate surface area is 91.6 Å². The van der Waals surface area contributed by atoms with Crippen molar-refractivity contribution >= 4 is 49.0 Å². The van der Waals surface area contributed by atoms with Gasteiger partial charge in [0, 0.05) is 19.8 Å². The van der Waals surface area contributed by atoms with Crippen LogP contribution < -0.4 is 0 Å². The summed E-state index contributed by atoms with van der Waals surface area (Å²) in [6.07, 6.45) is 0.807. The second-order valence-electron chi connectivity index (χ2n) is 2.70. The zero-order chi connectivity index (χ0) is 9.42. The minimum absolute atomic E-state index is 0.597. The van der Waals surface area contributed by atoms with Crippen LogP contribution in [-0.4, -0.2) is 11.3 Å². The maximum atomic E-state index is 10.5. The van der Waals surface area contributed by atoms with Crippen molar-refractivity contribution in [2.45, 2.75) is 0 Å². The number of benzene rings is 1. The Balaban J connectivity index is 2.77. The fraction of sp³-hybridized carbons (Fsp3) is 0. The average Bonchev–Trinajstić information content (AvgIpc) is 2.48. The minimum atomic E-state index is 0.597. The molecular formula is C9H5Br2NO. The Morgan fingerprint density at radius 3 is 2.54 bits per heavy atom. The molecule has 1 N–H and O–H groups in total. The van der Waals surface area contributed by atoms with Crippen LogP contribution in [0.1, 0.15) is 10.5 Å². The number of halogens is 2. The van der Waals surface area contributed by atoms with Gasteiger partial charge in [-0.05, 0) is 50.1 Å². The number of fused-ring (bicyclic) bond motifs is 1. The number of nitrogens with one attached hydrogen (secondary N) is 1. The lowest BCUT2D eigenvalue weighted by atomic mass is 10.2. The van der Waals surface area contributed by atoms with Crippen LogP contribution in [0.25, 0.3) is 10.9 Å². The monoisotopic (exact) mass is 301 g/mol. The zero-order valence-corrected chi connectivity index (χ0v) is 9.65. The van der Waals surface area contributed by atoms with Crippen LogP contribution in [-0.2, 0) is 0 Å². The summed E-state index contributed by atoms with van der Waals surface area (Å²) < 4.78 is 1.95. The average molecular weight is 303 g/mol. The first kappa shape index (κ1) is 8.97. The van der Waals surface area contributed by atoms with E-state index in [1.807, 2.05) is 18.2 Å². The molecule has 0 radical (unpaired) electrons. The Kier molecular flexibility index (Phi) is 2.26. The van der Waals surface area contributed by atoms with Crippen molar-refractivity contribution in [2.24, 2.45) is 0 Å². The van der Waals surface area contributed by atoms with Crippen LogP contribution in [0.2, 0.25) is 0 Å². The highest BCUT2D eigenvalue weighted by atomic mass is 79.9. The van der Waals surface area contributed by atoms with Gasteiger partial charge in [-0.3, -0.25) is 4.79 Å². The third kappa shape index (κ3) is 1.56. The summed E-state index contributed by atoms with van der Waals surface area (Å²) in [5.74, 6) is 0. The molecule has 0 aliphatic rings. The molecule has 0 aliphatic carbocycles. The van der Waals surface area contributed by atoms with Gasteiger partial charge < -0.3 is 4.98 Å². The van der Waals surface area contributed by atoms with E-state index in [4.69, 9.17) is 0 Å². The molecule has 1 aromatic heterocycles. The summed E-state index contributed by atoms with van der Waals surface area (Å²) >= 11 is 6.79. The maximum Gasteiger partial charge on any atom is 0.166 e. The second kappa shape index (κ2) is 3.27. The molecule has 1 heterocycles. The number of hydrogen-bond acceptors (Lipinski definition) is 1. The molecule has 0 spiro atoms. The summed E-state index contributed by atoms with van der Waals surface area (Å²) in [7, 11) is 0. The first-order chi connectivity index (χ1) is 6.20. The SMILES string of the molecule is O=Cc1cc2cc(Br)c(Br)cc2[nH]1. The summed E-state index contributed by atoms with van der Waals surface area (Å²) in [5.41, 5.74) is 1.55. The predicted octanol–water partition coefficient (Wildman–Crippen LogP) is 3.51. The molecule has 0 bridgehead atoms. The summed E-state index contributed by atoms with van der Waals surface area (Å²) in [5, 5.41) is 1.03. The van der Waals surface area contributed by atoms with Crippen molar-refractivity contribution in [3.63, 3.8) is 0 Å². The highest BCUT2D eigenvalue weighted by molar-refractivity contribution is 9.13. The van der Waals surface area contributed by atoms with Crippen LogP contribution in [0.4, 0.5) is 0 Å². The topological polar surface area (TPSA) is 32.9 Å². The number of H-pyrrole nitrogens is 1. The fourth-order valence-electron chi connectivity index (χ4n) is 1.21. The minimum Gasteiger partial charge on any atom is -0.352 e. The number of rotatable bonds is 1. The Morgan fingerprint density at radius 1 is 1.15 bits per heavy atom. The van der Waals surface area contributed by atoms with Gasteiger partial charge in [0.2, 0.25) is 0 Å². The molecule has 1 aromatic carbocycles. The molecule has 0 atom stereocenters. The smallest absolute Gasteiger partial charge is 0.166 e. The number of aromatic amines is 1. The Hall–Kier alpha value is -0.610. The molecule has 0 saturated heterocycles. The van der Waals surface area contributed by atoms with Crippen molar-refractivity contribution in [3.8, 4) is 0 Å². The molecule has 2 rings (SSSR count). The highest BCUT2D eigenvalue weighted by Gasteiger charge is 2.03. The van der Waals surface area contributed by atoms with Gasteiger partial charge in [0.15, 0.2) is 6.29 Å². The van der Waals surface area contributed by atoms with E-state index >= 15 is 0 Å². The van der Waals surface area contributed by atoms with Gasteiger partial charge in [-0.2, -0.15) is 0 Å². The molecule has 4 heteroatoms. The van der Waals surface area contributed by atoms with Gasteiger partial charge in [0.1, 0.15) is 0 Å². The lowest BCUT2D eigenvalue weighted by Gasteiger charge is -1.95. The molecule has 0 amide bonds. The van der Waals surface area contributed by atoms with Crippen LogP contribution in [0.15, 0.2) is 27.1 Å². The van der Waals surface area contributed by atoms with Gasteiger partial charge in [-0.1, -0.05) is 0 Å². The van der Waals surface area contributed by atoms with E-state index in [0.29, 0.717) is 5.69 Å². The standard InChI is InChI=1S/C9H5Br2NO/c10-7-2-5-1-6(4-13)12-9(5)3-8(7)11/h1-4,12H. The normalized spacial score (nSPS) is 10.6. The first-order valence-corrected chi connectivity index (χ1v) is 5.22. The number of carbonyl (C=O) groups excluding carboxylic acids is 1. The number of aldehydes is 1. The largest absolute Gasteiger partial charge is 0.352 e. The molecule has 2 nitrogen and oxygen atoms in total. The lowest BCUT2D eigenvalue weighted by molar-refractivity contribution is 0.112. The maximum absolute atomic E-state index is 10.5. The third-order valence-electron chi connectivity index (χ3n) is 1.81. The van der Waals surface area contributed by atoms with E-state index in [2.05, 4.69) is 36.8 Å². The van der Waals surface area contributed by atoms with Gasteiger partial charge in [0.05, 0.1) is 5.69 Å². The molecule has 13 heavy (non-hydrogen) atoms. The van der Waals surface area contributed by atoms with Crippen LogP contribution in [0, 0.1) is 0 Å². The van der Waals surface area contributed by atoms with Crippen molar-refractivity contribution in [1.29, 1.82) is 0 Å². The molecule has 0 saturated carbocycles. The van der Waals surface area contributed by atoms with Crippen molar-refractivity contribution in [1.82, 2.24) is 4.98 Å². The Morgan fingerprint density at radius 2 is 1.85 bits per heavy atom. The van der Waals surface area contributed by atoms with Crippen LogP contribution in [0.3, 0.4) is 0 Å². The van der Waals surface area contributed by atoms with E-state index in [9.17, 15) is 4.79 Å². The highest BCUT2D eigenvalue weighted by Crippen LogP contribution is 2.28. The van der Waals surface area contributed by atoms with Gasteiger partial charge in [0.25, 0.3) is 0 Å². The van der Waals surface area contributed by atoms with E-state index < -0.39 is 0 Å². The third-order valence-corrected chi connectivity index (χ3v) is 3.65. The molecular weight excluding hydrogens is 298 g/mol. The number of carbonyl (C=O) groups is 1. The van der Waals surface area contributed by atoms with Gasteiger partial charge >= 0.3 is 0 Å². The first-order valence-electron chi connectivity index (χ1n) is 3.63. The molecule has 0 unspecified atom stereocenters. The van der Waals surface area contributed by atoms with Gasteiger partial charge in [-0.15, -0.1) is 0 Å². The molecule has 0 fully saturated rings. The van der Waals surface area contributed by atoms with E-state index in [1.54, 1.807) is 0 Å². The second-order valence-corrected chi connectivity index (χ2v) is 4.40. The fourth-order valence-corrected chi connectivity index (χ4v) is 1.92. The van der Waals surface area contributed by atoms with Gasteiger partial charge in [-0.25, -0.2) is 0 Å². The summed E-state index contributed by atoms with van der Waals surface area (Å²) in [4.78, 5) is 13.5. The van der Waals surface area contributed by atoms with E-state index in [-0.39, 0.29) is 0 Å². The summed E-state index contributed by atoms with van der Waals surface area (Å²) in [6, 6.07) is 5.72. The van der Waals surface area contributed by atoms with Crippen LogP contribution >= 0.6 is 31.9 Å².